The third-order valence-corrected chi connectivity index (χ3v) is 2.14. The van der Waals surface area contributed by atoms with Crippen molar-refractivity contribution in [1.29, 1.82) is 0 Å². The number of carbonyl (C=O) groups is 2. The molecule has 1 aromatic rings. The molecule has 1 aliphatic heterocycles. The van der Waals surface area contributed by atoms with E-state index in [1.807, 2.05) is 0 Å². The van der Waals surface area contributed by atoms with Crippen molar-refractivity contribution in [1.82, 2.24) is 0 Å². The van der Waals surface area contributed by atoms with Crippen molar-refractivity contribution in [2.45, 2.75) is 6.10 Å². The number of carboxylic acid groups (broad SMARTS) is 1. The van der Waals surface area contributed by atoms with Crippen molar-refractivity contribution < 1.29 is 19.4 Å². The number of amides is 1. The van der Waals surface area contributed by atoms with Crippen LogP contribution in [-0.2, 0) is 9.59 Å². The zero-order valence-electron chi connectivity index (χ0n) is 7.36. The molecule has 2 N–H and O–H groups in total. The highest BCUT2D eigenvalue weighted by atomic mass is 35.5. The summed E-state index contributed by atoms with van der Waals surface area (Å²) < 4.78 is 4.99. The molecule has 78 valence electrons. The highest BCUT2D eigenvalue weighted by molar-refractivity contribution is 6.31. The predicted octanol–water partition coefficient (Wildman–Crippen LogP) is 1.12. The van der Waals surface area contributed by atoms with Crippen LogP contribution in [0, 0.1) is 0 Å². The van der Waals surface area contributed by atoms with Crippen LogP contribution < -0.4 is 10.1 Å². The quantitative estimate of drug-likeness (QED) is 0.705. The third-order valence-electron chi connectivity index (χ3n) is 1.91. The summed E-state index contributed by atoms with van der Waals surface area (Å²) in [6.45, 7) is 0. The first-order valence-electron chi connectivity index (χ1n) is 4.08. The lowest BCUT2D eigenvalue weighted by atomic mass is 10.2. The zero-order chi connectivity index (χ0) is 11.0. The molecule has 15 heavy (non-hydrogen) atoms. The Balaban J connectivity index is 2.38. The Morgan fingerprint density at radius 3 is 2.93 bits per heavy atom. The van der Waals surface area contributed by atoms with E-state index in [0.717, 1.165) is 0 Å². The van der Waals surface area contributed by atoms with Gasteiger partial charge in [-0.2, -0.15) is 0 Å². The Morgan fingerprint density at radius 1 is 1.53 bits per heavy atom. The van der Waals surface area contributed by atoms with E-state index in [0.29, 0.717) is 16.5 Å². The number of hydrogen-bond donors (Lipinski definition) is 2. The molecule has 1 aromatic carbocycles. The van der Waals surface area contributed by atoms with Crippen molar-refractivity contribution in [3.8, 4) is 5.75 Å². The van der Waals surface area contributed by atoms with Crippen LogP contribution in [0.4, 0.5) is 5.69 Å². The van der Waals surface area contributed by atoms with Gasteiger partial charge in [-0.15, -0.1) is 0 Å². The fourth-order valence-electron chi connectivity index (χ4n) is 1.24. The number of carboxylic acids is 1. The van der Waals surface area contributed by atoms with Crippen LogP contribution in [0.5, 0.6) is 5.75 Å². The van der Waals surface area contributed by atoms with Crippen molar-refractivity contribution in [3.63, 3.8) is 0 Å². The lowest BCUT2D eigenvalue weighted by Gasteiger charge is -2.22. The maximum atomic E-state index is 11.2. The van der Waals surface area contributed by atoms with Crippen LogP contribution in [0.1, 0.15) is 0 Å². The maximum Gasteiger partial charge on any atom is 0.354 e. The maximum absolute atomic E-state index is 11.2. The molecule has 1 unspecified atom stereocenters. The number of hydrogen-bond acceptors (Lipinski definition) is 3. The van der Waals surface area contributed by atoms with Crippen LogP contribution >= 0.6 is 11.6 Å². The summed E-state index contributed by atoms with van der Waals surface area (Å²) in [6.07, 6.45) is -1.50. The largest absolute Gasteiger partial charge is 0.478 e. The Hall–Kier alpha value is -1.75. The summed E-state index contributed by atoms with van der Waals surface area (Å²) in [5.41, 5.74) is 0.380. The van der Waals surface area contributed by atoms with Crippen molar-refractivity contribution in [2.75, 3.05) is 5.32 Å². The van der Waals surface area contributed by atoms with Crippen LogP contribution in [0.2, 0.25) is 5.02 Å². The van der Waals surface area contributed by atoms with Crippen LogP contribution in [0.3, 0.4) is 0 Å². The second kappa shape index (κ2) is 3.43. The van der Waals surface area contributed by atoms with E-state index in [1.54, 1.807) is 6.07 Å². The molecule has 6 heteroatoms. The lowest BCUT2D eigenvalue weighted by Crippen LogP contribution is -2.42. The van der Waals surface area contributed by atoms with E-state index in [4.69, 9.17) is 21.4 Å². The minimum absolute atomic E-state index is 0.298. The van der Waals surface area contributed by atoms with Gasteiger partial charge >= 0.3 is 5.97 Å². The van der Waals surface area contributed by atoms with Crippen molar-refractivity contribution in [3.05, 3.63) is 23.2 Å². The Labute approximate surface area is 89.6 Å². The molecule has 0 fully saturated rings. The third kappa shape index (κ3) is 1.73. The summed E-state index contributed by atoms with van der Waals surface area (Å²) >= 11 is 5.70. The minimum atomic E-state index is -1.50. The SMILES string of the molecule is O=C(O)C1Oc2ccc(Cl)cc2NC1=O. The summed E-state index contributed by atoms with van der Waals surface area (Å²) in [4.78, 5) is 21.9. The van der Waals surface area contributed by atoms with Crippen molar-refractivity contribution in [2.24, 2.45) is 0 Å². The molecule has 2 rings (SSSR count). The summed E-state index contributed by atoms with van der Waals surface area (Å²) in [6, 6.07) is 4.55. The van der Waals surface area contributed by atoms with Gasteiger partial charge in [0.05, 0.1) is 5.69 Å². The molecule has 0 bridgehead atoms. The number of nitrogens with one attached hydrogen (secondary N) is 1. The first kappa shape index (κ1) is 9.79. The number of rotatable bonds is 1. The topological polar surface area (TPSA) is 75.6 Å². The molecular weight excluding hydrogens is 222 g/mol. The molecule has 0 aromatic heterocycles. The van der Waals surface area contributed by atoms with Gasteiger partial charge in [-0.3, -0.25) is 4.79 Å². The van der Waals surface area contributed by atoms with E-state index in [9.17, 15) is 9.59 Å². The monoisotopic (exact) mass is 227 g/mol. The number of benzene rings is 1. The molecule has 1 amide bonds. The fourth-order valence-corrected chi connectivity index (χ4v) is 1.42. The highest BCUT2D eigenvalue weighted by Gasteiger charge is 2.33. The van der Waals surface area contributed by atoms with Gasteiger partial charge in [-0.25, -0.2) is 4.79 Å². The number of carbonyl (C=O) groups excluding carboxylic acids is 1. The first-order chi connectivity index (χ1) is 7.08. The molecule has 0 aliphatic carbocycles. The molecule has 5 nitrogen and oxygen atoms in total. The van der Waals surface area contributed by atoms with E-state index in [1.165, 1.54) is 12.1 Å². The smallest absolute Gasteiger partial charge is 0.354 e. The summed E-state index contributed by atoms with van der Waals surface area (Å²) in [5.74, 6) is -1.74. The van der Waals surface area contributed by atoms with Gasteiger partial charge in [0.1, 0.15) is 5.75 Å². The Bertz CT molecular complexity index is 446. The molecule has 0 radical (unpaired) electrons. The van der Waals surface area contributed by atoms with Gasteiger partial charge in [0, 0.05) is 5.02 Å². The van der Waals surface area contributed by atoms with Crippen LogP contribution in [-0.4, -0.2) is 23.1 Å². The Kier molecular flexibility index (Phi) is 2.24. The van der Waals surface area contributed by atoms with E-state index in [2.05, 4.69) is 5.32 Å². The number of ether oxygens (including phenoxy) is 1. The Morgan fingerprint density at radius 2 is 2.27 bits per heavy atom. The number of aliphatic carboxylic acids is 1. The molecular formula is C9H6ClNO4. The second-order valence-electron chi connectivity index (χ2n) is 2.97. The van der Waals surface area contributed by atoms with Gasteiger partial charge in [0.15, 0.2) is 0 Å². The highest BCUT2D eigenvalue weighted by Crippen LogP contribution is 2.31. The van der Waals surface area contributed by atoms with E-state index >= 15 is 0 Å². The lowest BCUT2D eigenvalue weighted by molar-refractivity contribution is -0.149. The molecule has 1 heterocycles. The fraction of sp³-hybridized carbons (Fsp3) is 0.111. The van der Waals surface area contributed by atoms with Gasteiger partial charge in [0.25, 0.3) is 12.0 Å². The average Bonchev–Trinajstić information content (AvgIpc) is 2.15. The minimum Gasteiger partial charge on any atom is -0.478 e. The molecule has 1 atom stereocenters. The first-order valence-corrected chi connectivity index (χ1v) is 4.45. The van der Waals surface area contributed by atoms with Crippen molar-refractivity contribution >= 4 is 29.2 Å². The molecule has 1 aliphatic rings. The molecule has 0 saturated heterocycles. The van der Waals surface area contributed by atoms with Gasteiger partial charge in [-0.05, 0) is 18.2 Å². The van der Waals surface area contributed by atoms with E-state index < -0.39 is 18.0 Å². The zero-order valence-corrected chi connectivity index (χ0v) is 8.12. The average molecular weight is 228 g/mol. The van der Waals surface area contributed by atoms with Gasteiger partial charge < -0.3 is 15.2 Å². The predicted molar refractivity (Wildman–Crippen MR) is 52.1 cm³/mol. The van der Waals surface area contributed by atoms with Crippen LogP contribution in [0.15, 0.2) is 18.2 Å². The van der Waals surface area contributed by atoms with Crippen LogP contribution in [0.25, 0.3) is 0 Å². The van der Waals surface area contributed by atoms with Gasteiger partial charge in [-0.1, -0.05) is 11.6 Å². The number of halogens is 1. The second-order valence-corrected chi connectivity index (χ2v) is 3.40. The van der Waals surface area contributed by atoms with Gasteiger partial charge in [0.2, 0.25) is 0 Å². The standard InChI is InChI=1S/C9H6ClNO4/c10-4-1-2-6-5(3-4)11-8(12)7(15-6)9(13)14/h1-3,7H,(H,11,12)(H,13,14). The normalized spacial score (nSPS) is 18.7. The number of fused-ring (bicyclic) bond motifs is 1. The molecule has 0 saturated carbocycles. The summed E-state index contributed by atoms with van der Waals surface area (Å²) in [7, 11) is 0. The molecule has 0 spiro atoms. The number of anilines is 1. The summed E-state index contributed by atoms with van der Waals surface area (Å²) in [5, 5.41) is 11.5. The van der Waals surface area contributed by atoms with E-state index in [-0.39, 0.29) is 0 Å².